The summed E-state index contributed by atoms with van der Waals surface area (Å²) in [5.41, 5.74) is 5.88. The minimum absolute atomic E-state index is 0.331. The van der Waals surface area contributed by atoms with Gasteiger partial charge < -0.3 is 10.5 Å². The van der Waals surface area contributed by atoms with E-state index < -0.39 is 0 Å². The fourth-order valence-corrected chi connectivity index (χ4v) is 1.97. The lowest BCUT2D eigenvalue weighted by atomic mass is 10.0. The van der Waals surface area contributed by atoms with Crippen molar-refractivity contribution in [3.05, 3.63) is 0 Å². The molecule has 1 aliphatic rings. The summed E-state index contributed by atoms with van der Waals surface area (Å²) < 4.78 is 5.65. The van der Waals surface area contributed by atoms with Gasteiger partial charge in [0.1, 0.15) is 0 Å². The first-order valence-corrected chi connectivity index (χ1v) is 5.95. The van der Waals surface area contributed by atoms with Gasteiger partial charge >= 0.3 is 0 Å². The number of nitrogens with two attached hydrogens (primary N) is 1. The Morgan fingerprint density at radius 3 is 2.64 bits per heavy atom. The quantitative estimate of drug-likeness (QED) is 0.499. The van der Waals surface area contributed by atoms with Crippen LogP contribution in [0.25, 0.3) is 0 Å². The maximum absolute atomic E-state index is 5.65. The van der Waals surface area contributed by atoms with Crippen molar-refractivity contribution in [3.8, 4) is 0 Å². The summed E-state index contributed by atoms with van der Waals surface area (Å²) in [4.78, 5) is 0.639. The van der Waals surface area contributed by atoms with E-state index in [2.05, 4.69) is 6.92 Å². The topological polar surface area (TPSA) is 35.2 Å². The lowest BCUT2D eigenvalue weighted by molar-refractivity contribution is 0.0897. The summed E-state index contributed by atoms with van der Waals surface area (Å²) in [6.45, 7) is 3.95. The lowest BCUT2D eigenvalue weighted by Gasteiger charge is -2.14. The minimum atomic E-state index is 0.331. The molecule has 82 valence electrons. The van der Waals surface area contributed by atoms with Crippen molar-refractivity contribution in [1.29, 1.82) is 0 Å². The van der Waals surface area contributed by atoms with Gasteiger partial charge in [-0.1, -0.05) is 32.0 Å². The Labute approximate surface area is 92.2 Å². The predicted octanol–water partition coefficient (Wildman–Crippen LogP) is 2.65. The molecule has 1 rings (SSSR count). The Balaban J connectivity index is 2.03. The van der Waals surface area contributed by atoms with Crippen LogP contribution in [0.3, 0.4) is 0 Å². The van der Waals surface area contributed by atoms with Crippen LogP contribution >= 0.6 is 12.2 Å². The highest BCUT2D eigenvalue weighted by Crippen LogP contribution is 2.48. The molecule has 0 bridgehead atoms. The van der Waals surface area contributed by atoms with E-state index in [-0.39, 0.29) is 0 Å². The van der Waals surface area contributed by atoms with Crippen LogP contribution in [-0.4, -0.2) is 18.2 Å². The van der Waals surface area contributed by atoms with E-state index in [1.807, 2.05) is 0 Å². The van der Waals surface area contributed by atoms with Gasteiger partial charge in [0.15, 0.2) is 0 Å². The van der Waals surface area contributed by atoms with Crippen LogP contribution in [0.4, 0.5) is 0 Å². The van der Waals surface area contributed by atoms with Crippen molar-refractivity contribution in [2.24, 2.45) is 11.1 Å². The summed E-state index contributed by atoms with van der Waals surface area (Å²) in [5.74, 6) is 0. The Hall–Kier alpha value is -0.150. The molecule has 1 aliphatic carbocycles. The first-order chi connectivity index (χ1) is 6.68. The molecule has 2 nitrogen and oxygen atoms in total. The number of hydrogen-bond donors (Lipinski definition) is 1. The predicted molar refractivity (Wildman–Crippen MR) is 63.4 cm³/mol. The van der Waals surface area contributed by atoms with Crippen LogP contribution in [0.2, 0.25) is 0 Å². The van der Waals surface area contributed by atoms with Gasteiger partial charge in [-0.2, -0.15) is 0 Å². The first-order valence-electron chi connectivity index (χ1n) is 5.55. The molecule has 2 N–H and O–H groups in total. The summed E-state index contributed by atoms with van der Waals surface area (Å²) in [6.07, 6.45) is 7.04. The molecule has 1 saturated carbocycles. The summed E-state index contributed by atoms with van der Waals surface area (Å²) in [5, 5.41) is 0. The van der Waals surface area contributed by atoms with E-state index in [9.17, 15) is 0 Å². The Morgan fingerprint density at radius 2 is 2.14 bits per heavy atom. The molecule has 1 fully saturated rings. The van der Waals surface area contributed by atoms with E-state index in [0.717, 1.165) is 19.6 Å². The molecule has 14 heavy (non-hydrogen) atoms. The van der Waals surface area contributed by atoms with E-state index in [1.54, 1.807) is 0 Å². The van der Waals surface area contributed by atoms with Gasteiger partial charge in [0, 0.05) is 18.4 Å². The highest BCUT2D eigenvalue weighted by molar-refractivity contribution is 7.80. The van der Waals surface area contributed by atoms with E-state index in [1.165, 1.54) is 32.1 Å². The van der Waals surface area contributed by atoms with Gasteiger partial charge in [-0.3, -0.25) is 0 Å². The van der Waals surface area contributed by atoms with Crippen molar-refractivity contribution in [2.45, 2.75) is 45.4 Å². The van der Waals surface area contributed by atoms with Gasteiger partial charge in [-0.15, -0.1) is 0 Å². The SMILES string of the molecule is CCCCCOCC1(CC(N)=S)CC1. The molecule has 0 radical (unpaired) electrons. The average Bonchev–Trinajstić information content (AvgIpc) is 2.84. The van der Waals surface area contributed by atoms with E-state index in [4.69, 9.17) is 22.7 Å². The second-order valence-corrected chi connectivity index (χ2v) is 4.93. The number of rotatable bonds is 8. The third-order valence-corrected chi connectivity index (χ3v) is 2.95. The highest BCUT2D eigenvalue weighted by Gasteiger charge is 2.43. The van der Waals surface area contributed by atoms with Gasteiger partial charge in [0.25, 0.3) is 0 Å². The highest BCUT2D eigenvalue weighted by atomic mass is 32.1. The third-order valence-electron chi connectivity index (χ3n) is 2.81. The molecule has 0 spiro atoms. The molecule has 0 aliphatic heterocycles. The van der Waals surface area contributed by atoms with Crippen molar-refractivity contribution >= 4 is 17.2 Å². The monoisotopic (exact) mass is 215 g/mol. The molecule has 0 aromatic heterocycles. The molecule has 0 aromatic rings. The van der Waals surface area contributed by atoms with Gasteiger partial charge in [0.05, 0.1) is 11.6 Å². The number of unbranched alkanes of at least 4 members (excludes halogenated alkanes) is 2. The van der Waals surface area contributed by atoms with Crippen LogP contribution in [0, 0.1) is 5.41 Å². The molecule has 0 unspecified atom stereocenters. The standard InChI is InChI=1S/C11H21NOS/c1-2-3-4-7-13-9-11(5-6-11)8-10(12)14/h2-9H2,1H3,(H2,12,14). The fourth-order valence-electron chi connectivity index (χ4n) is 1.66. The molecule has 3 heteroatoms. The number of ether oxygens (including phenoxy) is 1. The smallest absolute Gasteiger partial charge is 0.0733 e. The Morgan fingerprint density at radius 1 is 1.43 bits per heavy atom. The third kappa shape index (κ3) is 4.38. The zero-order valence-corrected chi connectivity index (χ0v) is 9.87. The zero-order chi connectivity index (χ0) is 10.4. The molecule has 0 saturated heterocycles. The van der Waals surface area contributed by atoms with E-state index in [0.29, 0.717) is 10.4 Å². The molecule has 0 amide bonds. The van der Waals surface area contributed by atoms with Crippen molar-refractivity contribution < 1.29 is 4.74 Å². The fraction of sp³-hybridized carbons (Fsp3) is 0.909. The summed E-state index contributed by atoms with van der Waals surface area (Å²) in [6, 6.07) is 0. The molecule has 0 heterocycles. The maximum atomic E-state index is 5.65. The van der Waals surface area contributed by atoms with Crippen molar-refractivity contribution in [1.82, 2.24) is 0 Å². The zero-order valence-electron chi connectivity index (χ0n) is 9.05. The normalized spacial score (nSPS) is 18.1. The summed E-state index contributed by atoms with van der Waals surface area (Å²) >= 11 is 4.93. The van der Waals surface area contributed by atoms with Crippen LogP contribution in [-0.2, 0) is 4.74 Å². The summed E-state index contributed by atoms with van der Waals surface area (Å²) in [7, 11) is 0. The van der Waals surface area contributed by atoms with Gasteiger partial charge in [0.2, 0.25) is 0 Å². The minimum Gasteiger partial charge on any atom is -0.393 e. The van der Waals surface area contributed by atoms with Crippen molar-refractivity contribution in [3.63, 3.8) is 0 Å². The molecular weight excluding hydrogens is 194 g/mol. The average molecular weight is 215 g/mol. The maximum Gasteiger partial charge on any atom is 0.0733 e. The van der Waals surface area contributed by atoms with E-state index >= 15 is 0 Å². The Bertz CT molecular complexity index is 190. The Kier molecular flexibility index (Phi) is 4.82. The largest absolute Gasteiger partial charge is 0.393 e. The number of hydrogen-bond acceptors (Lipinski definition) is 2. The van der Waals surface area contributed by atoms with Crippen molar-refractivity contribution in [2.75, 3.05) is 13.2 Å². The number of thiocarbonyl (C=S) groups is 1. The molecule has 0 aromatic carbocycles. The molecule has 0 atom stereocenters. The second kappa shape index (κ2) is 5.66. The first kappa shape index (κ1) is 11.9. The van der Waals surface area contributed by atoms with Gasteiger partial charge in [-0.05, 0) is 19.3 Å². The van der Waals surface area contributed by atoms with Crippen LogP contribution in [0.15, 0.2) is 0 Å². The van der Waals surface area contributed by atoms with Crippen LogP contribution < -0.4 is 5.73 Å². The van der Waals surface area contributed by atoms with Gasteiger partial charge in [-0.25, -0.2) is 0 Å². The second-order valence-electron chi connectivity index (χ2n) is 4.40. The van der Waals surface area contributed by atoms with Crippen LogP contribution in [0.1, 0.15) is 45.4 Å². The van der Waals surface area contributed by atoms with Crippen LogP contribution in [0.5, 0.6) is 0 Å². The lowest BCUT2D eigenvalue weighted by Crippen LogP contribution is -2.19. The molecular formula is C11H21NOS.